The smallest absolute Gasteiger partial charge is 0.384 e. The van der Waals surface area contributed by atoms with Crippen molar-refractivity contribution in [2.75, 3.05) is 0 Å². The summed E-state index contributed by atoms with van der Waals surface area (Å²) in [6.07, 6.45) is -4.94. The summed E-state index contributed by atoms with van der Waals surface area (Å²) in [6, 6.07) is 0. The van der Waals surface area contributed by atoms with E-state index < -0.39 is 12.3 Å². The van der Waals surface area contributed by atoms with Gasteiger partial charge in [-0.15, -0.1) is 0 Å². The van der Waals surface area contributed by atoms with Gasteiger partial charge in [0.2, 0.25) is 0 Å². The summed E-state index contributed by atoms with van der Waals surface area (Å²) in [4.78, 5) is 0. The highest BCUT2D eigenvalue weighted by Gasteiger charge is 2.41. The molecule has 60 valence electrons. The van der Waals surface area contributed by atoms with E-state index in [1.165, 1.54) is 0 Å². The van der Waals surface area contributed by atoms with Gasteiger partial charge in [0.25, 0.3) is 0 Å². The van der Waals surface area contributed by atoms with E-state index in [4.69, 9.17) is 5.11 Å². The lowest BCUT2D eigenvalue weighted by atomic mass is 10.2. The highest BCUT2D eigenvalue weighted by Crippen LogP contribution is 2.37. The van der Waals surface area contributed by atoms with Crippen LogP contribution < -0.4 is 0 Å². The van der Waals surface area contributed by atoms with Gasteiger partial charge in [-0.05, 0) is 12.3 Å². The summed E-state index contributed by atoms with van der Waals surface area (Å²) in [5, 5.41) is 8.47. The lowest BCUT2D eigenvalue weighted by Crippen LogP contribution is -2.28. The van der Waals surface area contributed by atoms with Crippen molar-refractivity contribution in [2.45, 2.75) is 31.5 Å². The third-order valence-electron chi connectivity index (χ3n) is 1.63. The van der Waals surface area contributed by atoms with Crippen molar-refractivity contribution >= 4 is 0 Å². The molecule has 0 aromatic heterocycles. The average molecular weight is 154 g/mol. The summed E-state index contributed by atoms with van der Waals surface area (Å²) >= 11 is 0. The molecular formula is C6H9F3O. The fourth-order valence-corrected chi connectivity index (χ4v) is 0.803. The van der Waals surface area contributed by atoms with Crippen molar-refractivity contribution in [3.8, 4) is 0 Å². The molecule has 1 saturated carbocycles. The van der Waals surface area contributed by atoms with Crippen LogP contribution in [0.1, 0.15) is 19.3 Å². The van der Waals surface area contributed by atoms with Gasteiger partial charge in [0, 0.05) is 0 Å². The fourth-order valence-electron chi connectivity index (χ4n) is 0.803. The standard InChI is InChI=1S/C6H9F3O/c7-6(8,9)5(10)3-4-1-2-4/h4-5,10H,1-3H2/t5-/m1/s1. The summed E-state index contributed by atoms with van der Waals surface area (Å²) in [7, 11) is 0. The van der Waals surface area contributed by atoms with Crippen LogP contribution in [-0.4, -0.2) is 17.4 Å². The van der Waals surface area contributed by atoms with Crippen molar-refractivity contribution in [1.29, 1.82) is 0 Å². The van der Waals surface area contributed by atoms with Gasteiger partial charge >= 0.3 is 6.18 Å². The van der Waals surface area contributed by atoms with Gasteiger partial charge in [-0.25, -0.2) is 0 Å². The van der Waals surface area contributed by atoms with Crippen LogP contribution in [0.5, 0.6) is 0 Å². The van der Waals surface area contributed by atoms with Crippen LogP contribution in [0.4, 0.5) is 13.2 Å². The molecule has 0 saturated heterocycles. The van der Waals surface area contributed by atoms with E-state index in [2.05, 4.69) is 0 Å². The minimum Gasteiger partial charge on any atom is -0.384 e. The summed E-state index contributed by atoms with van der Waals surface area (Å²) in [5.74, 6) is 0.122. The fraction of sp³-hybridized carbons (Fsp3) is 1.00. The molecule has 0 spiro atoms. The SMILES string of the molecule is O[C@H](CC1CC1)C(F)(F)F. The highest BCUT2D eigenvalue weighted by molar-refractivity contribution is 4.79. The Labute approximate surface area is 56.8 Å². The minimum atomic E-state index is -4.41. The third-order valence-corrected chi connectivity index (χ3v) is 1.63. The van der Waals surface area contributed by atoms with Crippen LogP contribution in [0, 0.1) is 5.92 Å². The molecule has 10 heavy (non-hydrogen) atoms. The molecule has 0 bridgehead atoms. The van der Waals surface area contributed by atoms with Crippen molar-refractivity contribution < 1.29 is 18.3 Å². The molecule has 1 atom stereocenters. The largest absolute Gasteiger partial charge is 0.414 e. The molecule has 1 nitrogen and oxygen atoms in total. The molecule has 0 amide bonds. The van der Waals surface area contributed by atoms with Crippen molar-refractivity contribution in [3.63, 3.8) is 0 Å². The summed E-state index contributed by atoms with van der Waals surface area (Å²) in [5.41, 5.74) is 0. The molecule has 0 aromatic rings. The van der Waals surface area contributed by atoms with Crippen molar-refractivity contribution in [3.05, 3.63) is 0 Å². The zero-order valence-corrected chi connectivity index (χ0v) is 5.36. The second-order valence-electron chi connectivity index (χ2n) is 2.74. The Balaban J connectivity index is 2.25. The number of alkyl halides is 3. The Bertz CT molecular complexity index is 117. The van der Waals surface area contributed by atoms with Gasteiger partial charge in [0.1, 0.15) is 6.10 Å². The van der Waals surface area contributed by atoms with E-state index in [9.17, 15) is 13.2 Å². The van der Waals surface area contributed by atoms with Gasteiger partial charge in [0.15, 0.2) is 0 Å². The van der Waals surface area contributed by atoms with E-state index in [0.717, 1.165) is 12.8 Å². The first-order valence-corrected chi connectivity index (χ1v) is 3.25. The molecule has 1 aliphatic rings. The van der Waals surface area contributed by atoms with Crippen LogP contribution in [-0.2, 0) is 0 Å². The zero-order chi connectivity index (χ0) is 7.78. The number of hydrogen-bond acceptors (Lipinski definition) is 1. The predicted molar refractivity (Wildman–Crippen MR) is 29.4 cm³/mol. The van der Waals surface area contributed by atoms with E-state index in [1.54, 1.807) is 0 Å². The normalized spacial score (nSPS) is 22.8. The number of aliphatic hydroxyl groups excluding tert-OH is 1. The van der Waals surface area contributed by atoms with Crippen LogP contribution in [0.25, 0.3) is 0 Å². The van der Waals surface area contributed by atoms with E-state index in [0.29, 0.717) is 0 Å². The van der Waals surface area contributed by atoms with Crippen LogP contribution in [0.3, 0.4) is 0 Å². The van der Waals surface area contributed by atoms with Crippen molar-refractivity contribution in [1.82, 2.24) is 0 Å². The molecule has 1 fully saturated rings. The second kappa shape index (κ2) is 2.42. The van der Waals surface area contributed by atoms with Crippen molar-refractivity contribution in [2.24, 2.45) is 5.92 Å². The van der Waals surface area contributed by atoms with E-state index in [1.807, 2.05) is 0 Å². The molecule has 1 rings (SSSR count). The predicted octanol–water partition coefficient (Wildman–Crippen LogP) is 1.71. The van der Waals surface area contributed by atoms with Gasteiger partial charge in [-0.3, -0.25) is 0 Å². The molecule has 0 unspecified atom stereocenters. The molecule has 1 N–H and O–H groups in total. The first-order chi connectivity index (χ1) is 4.50. The summed E-state index contributed by atoms with van der Waals surface area (Å²) in [6.45, 7) is 0. The second-order valence-corrected chi connectivity index (χ2v) is 2.74. The Kier molecular flexibility index (Phi) is 1.90. The Morgan fingerprint density at radius 1 is 1.40 bits per heavy atom. The Morgan fingerprint density at radius 2 is 1.90 bits per heavy atom. The van der Waals surface area contributed by atoms with Crippen LogP contribution >= 0.6 is 0 Å². The lowest BCUT2D eigenvalue weighted by Gasteiger charge is -2.12. The van der Waals surface area contributed by atoms with E-state index in [-0.39, 0.29) is 12.3 Å². The zero-order valence-electron chi connectivity index (χ0n) is 5.36. The molecular weight excluding hydrogens is 145 g/mol. The van der Waals surface area contributed by atoms with Gasteiger partial charge in [-0.1, -0.05) is 12.8 Å². The monoisotopic (exact) mass is 154 g/mol. The number of rotatable bonds is 2. The van der Waals surface area contributed by atoms with Gasteiger partial charge in [0.05, 0.1) is 0 Å². The lowest BCUT2D eigenvalue weighted by molar-refractivity contribution is -0.206. The first kappa shape index (κ1) is 7.85. The molecule has 4 heteroatoms. The maximum atomic E-state index is 11.6. The van der Waals surface area contributed by atoms with Gasteiger partial charge in [-0.2, -0.15) is 13.2 Å². The highest BCUT2D eigenvalue weighted by atomic mass is 19.4. The quantitative estimate of drug-likeness (QED) is 0.641. The molecule has 1 aliphatic carbocycles. The number of aliphatic hydroxyl groups is 1. The summed E-state index contributed by atoms with van der Waals surface area (Å²) < 4.78 is 34.8. The topological polar surface area (TPSA) is 20.2 Å². The Hall–Kier alpha value is -0.250. The molecule has 0 aliphatic heterocycles. The molecule has 0 aromatic carbocycles. The first-order valence-electron chi connectivity index (χ1n) is 3.25. The third kappa shape index (κ3) is 2.17. The van der Waals surface area contributed by atoms with Crippen LogP contribution in [0.15, 0.2) is 0 Å². The van der Waals surface area contributed by atoms with E-state index >= 15 is 0 Å². The van der Waals surface area contributed by atoms with Gasteiger partial charge < -0.3 is 5.11 Å². The molecule has 0 heterocycles. The minimum absolute atomic E-state index is 0.108. The maximum Gasteiger partial charge on any atom is 0.414 e. The van der Waals surface area contributed by atoms with Crippen LogP contribution in [0.2, 0.25) is 0 Å². The number of hydrogen-bond donors (Lipinski definition) is 1. The average Bonchev–Trinajstić information content (AvgIpc) is 2.47. The number of halogens is 3. The Morgan fingerprint density at radius 3 is 2.20 bits per heavy atom. The molecule has 0 radical (unpaired) electrons. The maximum absolute atomic E-state index is 11.6.